The van der Waals surface area contributed by atoms with Gasteiger partial charge in [-0.2, -0.15) is 0 Å². The molecule has 100 valence electrons. The molecule has 2 aromatic carbocycles. The molecule has 5 heteroatoms. The Balaban J connectivity index is 2.18. The van der Waals surface area contributed by atoms with Gasteiger partial charge in [-0.25, -0.2) is 8.42 Å². The quantitative estimate of drug-likeness (QED) is 0.900. The van der Waals surface area contributed by atoms with Crippen LogP contribution in [-0.4, -0.2) is 19.8 Å². The Labute approximate surface area is 112 Å². The predicted octanol–water partition coefficient (Wildman–Crippen LogP) is 2.41. The van der Waals surface area contributed by atoms with Crippen LogP contribution in [0.25, 0.3) is 0 Å². The summed E-state index contributed by atoms with van der Waals surface area (Å²) in [6.45, 7) is 0.493. The molecule has 0 atom stereocenters. The highest BCUT2D eigenvalue weighted by molar-refractivity contribution is 7.90. The van der Waals surface area contributed by atoms with Crippen molar-refractivity contribution < 1.29 is 13.5 Å². The number of hydrogen-bond acceptors (Lipinski definition) is 4. The highest BCUT2D eigenvalue weighted by Gasteiger charge is 2.11. The lowest BCUT2D eigenvalue weighted by Gasteiger charge is -2.10. The summed E-state index contributed by atoms with van der Waals surface area (Å²) >= 11 is 0. The first kappa shape index (κ1) is 13.4. The minimum absolute atomic E-state index is 0.209. The Bertz CT molecular complexity index is 663. The molecule has 2 aromatic rings. The van der Waals surface area contributed by atoms with Gasteiger partial charge in [0.25, 0.3) is 0 Å². The van der Waals surface area contributed by atoms with Crippen molar-refractivity contribution in [1.82, 2.24) is 0 Å². The maximum Gasteiger partial charge on any atom is 0.177 e. The van der Waals surface area contributed by atoms with Crippen LogP contribution < -0.4 is 5.32 Å². The third-order valence-corrected chi connectivity index (χ3v) is 3.86. The third kappa shape index (κ3) is 3.48. The Morgan fingerprint density at radius 3 is 2.32 bits per heavy atom. The lowest BCUT2D eigenvalue weighted by Crippen LogP contribution is -2.05. The van der Waals surface area contributed by atoms with Gasteiger partial charge in [-0.05, 0) is 29.8 Å². The lowest BCUT2D eigenvalue weighted by molar-refractivity contribution is 0.475. The fraction of sp³-hybridized carbons (Fsp3) is 0.143. The van der Waals surface area contributed by atoms with E-state index in [0.29, 0.717) is 12.2 Å². The zero-order valence-corrected chi connectivity index (χ0v) is 11.3. The van der Waals surface area contributed by atoms with Crippen molar-refractivity contribution in [2.45, 2.75) is 11.4 Å². The standard InChI is InChI=1S/C14H15NO3S/c1-19(17,18)14-5-3-2-4-13(14)15-10-11-6-8-12(16)9-7-11/h2-9,15-16H,10H2,1H3. The van der Waals surface area contributed by atoms with Crippen LogP contribution in [0.5, 0.6) is 5.75 Å². The molecule has 4 nitrogen and oxygen atoms in total. The van der Waals surface area contributed by atoms with Gasteiger partial charge in [-0.3, -0.25) is 0 Å². The van der Waals surface area contributed by atoms with Gasteiger partial charge >= 0.3 is 0 Å². The zero-order chi connectivity index (χ0) is 13.9. The summed E-state index contributed by atoms with van der Waals surface area (Å²) in [5.74, 6) is 0.209. The predicted molar refractivity (Wildman–Crippen MR) is 75.0 cm³/mol. The first-order valence-corrected chi connectivity index (χ1v) is 7.67. The van der Waals surface area contributed by atoms with Crippen LogP contribution in [0.15, 0.2) is 53.4 Å². The lowest BCUT2D eigenvalue weighted by atomic mass is 10.2. The molecule has 0 unspecified atom stereocenters. The van der Waals surface area contributed by atoms with Gasteiger partial charge in [0.1, 0.15) is 5.75 Å². The average Bonchev–Trinajstić information content (AvgIpc) is 2.37. The summed E-state index contributed by atoms with van der Waals surface area (Å²) in [6, 6.07) is 13.6. The Kier molecular flexibility index (Phi) is 3.76. The number of rotatable bonds is 4. The van der Waals surface area contributed by atoms with E-state index in [0.717, 1.165) is 5.56 Å². The van der Waals surface area contributed by atoms with E-state index >= 15 is 0 Å². The molecule has 0 aromatic heterocycles. The van der Waals surface area contributed by atoms with Gasteiger partial charge in [0.05, 0.1) is 10.6 Å². The molecule has 0 fully saturated rings. The maximum absolute atomic E-state index is 11.6. The van der Waals surface area contributed by atoms with Crippen molar-refractivity contribution in [3.63, 3.8) is 0 Å². The molecule has 0 radical (unpaired) electrons. The number of phenolic OH excluding ortho intramolecular Hbond substituents is 1. The van der Waals surface area contributed by atoms with E-state index in [1.807, 2.05) is 0 Å². The van der Waals surface area contributed by atoms with Crippen LogP contribution in [0.1, 0.15) is 5.56 Å². The fourth-order valence-electron chi connectivity index (χ4n) is 1.75. The minimum Gasteiger partial charge on any atom is -0.508 e. The fourth-order valence-corrected chi connectivity index (χ4v) is 2.61. The number of benzene rings is 2. The minimum atomic E-state index is -3.25. The second-order valence-corrected chi connectivity index (χ2v) is 6.27. The number of anilines is 1. The molecular weight excluding hydrogens is 262 g/mol. The normalized spacial score (nSPS) is 11.2. The van der Waals surface area contributed by atoms with Crippen molar-refractivity contribution >= 4 is 15.5 Å². The summed E-state index contributed by atoms with van der Waals surface area (Å²) in [5, 5.41) is 12.3. The topological polar surface area (TPSA) is 66.4 Å². The molecule has 0 aliphatic heterocycles. The van der Waals surface area contributed by atoms with Gasteiger partial charge in [-0.15, -0.1) is 0 Å². The first-order valence-electron chi connectivity index (χ1n) is 5.78. The molecule has 0 bridgehead atoms. The number of hydrogen-bond donors (Lipinski definition) is 2. The molecule has 0 saturated carbocycles. The largest absolute Gasteiger partial charge is 0.508 e. The second kappa shape index (κ2) is 5.32. The van der Waals surface area contributed by atoms with E-state index in [2.05, 4.69) is 5.32 Å². The summed E-state index contributed by atoms with van der Waals surface area (Å²) in [5.41, 5.74) is 1.54. The van der Waals surface area contributed by atoms with E-state index < -0.39 is 9.84 Å². The van der Waals surface area contributed by atoms with Gasteiger partial charge in [0.2, 0.25) is 0 Å². The van der Waals surface area contributed by atoms with Crippen molar-refractivity contribution in [1.29, 1.82) is 0 Å². The highest BCUT2D eigenvalue weighted by Crippen LogP contribution is 2.21. The number of para-hydroxylation sites is 1. The maximum atomic E-state index is 11.6. The number of phenols is 1. The molecule has 2 N–H and O–H groups in total. The first-order chi connectivity index (χ1) is 8.97. The van der Waals surface area contributed by atoms with Gasteiger partial charge in [0, 0.05) is 12.8 Å². The molecule has 0 saturated heterocycles. The van der Waals surface area contributed by atoms with Crippen molar-refractivity contribution in [3.05, 3.63) is 54.1 Å². The molecular formula is C14H15NO3S. The van der Waals surface area contributed by atoms with Crippen LogP contribution in [-0.2, 0) is 16.4 Å². The van der Waals surface area contributed by atoms with Crippen molar-refractivity contribution in [2.24, 2.45) is 0 Å². The van der Waals surface area contributed by atoms with E-state index in [4.69, 9.17) is 0 Å². The van der Waals surface area contributed by atoms with Crippen molar-refractivity contribution in [3.8, 4) is 5.75 Å². The Morgan fingerprint density at radius 1 is 1.05 bits per heavy atom. The SMILES string of the molecule is CS(=O)(=O)c1ccccc1NCc1ccc(O)cc1. The van der Waals surface area contributed by atoms with Crippen LogP contribution in [0.3, 0.4) is 0 Å². The molecule has 0 spiro atoms. The molecule has 0 aliphatic carbocycles. The van der Waals surface area contributed by atoms with Crippen LogP contribution in [0.2, 0.25) is 0 Å². The van der Waals surface area contributed by atoms with Crippen molar-refractivity contribution in [2.75, 3.05) is 11.6 Å². The second-order valence-electron chi connectivity index (χ2n) is 4.29. The number of aromatic hydroxyl groups is 1. The Hall–Kier alpha value is -2.01. The molecule has 0 aliphatic rings. The molecule has 2 rings (SSSR count). The molecule has 19 heavy (non-hydrogen) atoms. The molecule has 0 heterocycles. The van der Waals surface area contributed by atoms with E-state index in [9.17, 15) is 13.5 Å². The van der Waals surface area contributed by atoms with E-state index in [1.165, 1.54) is 6.26 Å². The van der Waals surface area contributed by atoms with Crippen LogP contribution >= 0.6 is 0 Å². The smallest absolute Gasteiger partial charge is 0.177 e. The van der Waals surface area contributed by atoms with Gasteiger partial charge < -0.3 is 10.4 Å². The van der Waals surface area contributed by atoms with E-state index in [1.54, 1.807) is 48.5 Å². The summed E-state index contributed by atoms with van der Waals surface area (Å²) < 4.78 is 23.3. The summed E-state index contributed by atoms with van der Waals surface area (Å²) in [6.07, 6.45) is 1.19. The zero-order valence-electron chi connectivity index (χ0n) is 10.5. The molecule has 0 amide bonds. The van der Waals surface area contributed by atoms with Crippen LogP contribution in [0, 0.1) is 0 Å². The monoisotopic (exact) mass is 277 g/mol. The Morgan fingerprint density at radius 2 is 1.68 bits per heavy atom. The number of nitrogens with one attached hydrogen (secondary N) is 1. The highest BCUT2D eigenvalue weighted by atomic mass is 32.2. The van der Waals surface area contributed by atoms with Gasteiger partial charge in [-0.1, -0.05) is 24.3 Å². The van der Waals surface area contributed by atoms with Crippen LogP contribution in [0.4, 0.5) is 5.69 Å². The number of sulfone groups is 1. The summed E-state index contributed by atoms with van der Waals surface area (Å²) in [4.78, 5) is 0.286. The third-order valence-electron chi connectivity index (χ3n) is 2.71. The summed E-state index contributed by atoms with van der Waals surface area (Å²) in [7, 11) is -3.25. The van der Waals surface area contributed by atoms with Gasteiger partial charge in [0.15, 0.2) is 9.84 Å². The van der Waals surface area contributed by atoms with E-state index in [-0.39, 0.29) is 10.6 Å². The average molecular weight is 277 g/mol.